The minimum atomic E-state index is -0.561. The molecule has 7 heteroatoms. The van der Waals surface area contributed by atoms with E-state index in [1.54, 1.807) is 11.0 Å². The SMILES string of the molecule is CC(C)C(NC(=O)c1cccs1)C(=O)N1CCN(C(=O)C(C)(C)C)CC1. The fraction of sp³-hybridized carbons (Fsp3) is 0.632. The molecule has 1 fully saturated rings. The first kappa shape index (κ1) is 20.4. The molecule has 1 aliphatic rings. The third-order valence-electron chi connectivity index (χ3n) is 4.48. The van der Waals surface area contributed by atoms with E-state index >= 15 is 0 Å². The second-order valence-corrected chi connectivity index (χ2v) is 8.99. The van der Waals surface area contributed by atoms with E-state index in [2.05, 4.69) is 5.32 Å². The molecule has 1 atom stereocenters. The van der Waals surface area contributed by atoms with Crippen LogP contribution in [0.15, 0.2) is 17.5 Å². The van der Waals surface area contributed by atoms with Gasteiger partial charge in [-0.3, -0.25) is 14.4 Å². The molecular formula is C19H29N3O3S. The monoisotopic (exact) mass is 379 g/mol. The largest absolute Gasteiger partial charge is 0.339 e. The van der Waals surface area contributed by atoms with Crippen LogP contribution in [0, 0.1) is 11.3 Å². The maximum atomic E-state index is 12.9. The zero-order valence-electron chi connectivity index (χ0n) is 16.2. The van der Waals surface area contributed by atoms with Crippen LogP contribution < -0.4 is 5.32 Å². The van der Waals surface area contributed by atoms with Crippen molar-refractivity contribution < 1.29 is 14.4 Å². The summed E-state index contributed by atoms with van der Waals surface area (Å²) in [6.07, 6.45) is 0. The maximum absolute atomic E-state index is 12.9. The fourth-order valence-electron chi connectivity index (χ4n) is 2.93. The second kappa shape index (κ2) is 8.20. The predicted octanol–water partition coefficient (Wildman–Crippen LogP) is 2.22. The molecule has 1 aromatic rings. The van der Waals surface area contributed by atoms with Crippen LogP contribution in [0.25, 0.3) is 0 Å². The number of nitrogens with zero attached hydrogens (tertiary/aromatic N) is 2. The molecule has 26 heavy (non-hydrogen) atoms. The zero-order valence-corrected chi connectivity index (χ0v) is 17.1. The molecule has 1 aliphatic heterocycles. The Morgan fingerprint density at radius 1 is 1.08 bits per heavy atom. The minimum absolute atomic E-state index is 0.0133. The smallest absolute Gasteiger partial charge is 0.262 e. The number of hydrogen-bond acceptors (Lipinski definition) is 4. The van der Waals surface area contributed by atoms with Crippen LogP contribution in [0.5, 0.6) is 0 Å². The minimum Gasteiger partial charge on any atom is -0.339 e. The summed E-state index contributed by atoms with van der Waals surface area (Å²) < 4.78 is 0. The van der Waals surface area contributed by atoms with E-state index in [0.717, 1.165) is 0 Å². The van der Waals surface area contributed by atoms with Crippen LogP contribution in [-0.4, -0.2) is 59.7 Å². The van der Waals surface area contributed by atoms with Crippen LogP contribution in [-0.2, 0) is 9.59 Å². The predicted molar refractivity (Wildman–Crippen MR) is 103 cm³/mol. The molecule has 1 unspecified atom stereocenters. The number of carbonyl (C=O) groups excluding carboxylic acids is 3. The Bertz CT molecular complexity index is 641. The summed E-state index contributed by atoms with van der Waals surface area (Å²) in [5.74, 6) is -0.196. The van der Waals surface area contributed by atoms with Crippen LogP contribution in [0.2, 0.25) is 0 Å². The standard InChI is InChI=1S/C19H29N3O3S/c1-13(2)15(20-16(23)14-7-6-12-26-14)17(24)21-8-10-22(11-9-21)18(25)19(3,4)5/h6-7,12-13,15H,8-11H2,1-5H3,(H,20,23). The Labute approximate surface area is 159 Å². The lowest BCUT2D eigenvalue weighted by molar-refractivity contribution is -0.145. The van der Waals surface area contributed by atoms with Gasteiger partial charge in [-0.15, -0.1) is 11.3 Å². The van der Waals surface area contributed by atoms with Crippen molar-refractivity contribution in [2.24, 2.45) is 11.3 Å². The third-order valence-corrected chi connectivity index (χ3v) is 5.35. The molecule has 6 nitrogen and oxygen atoms in total. The molecule has 0 aromatic carbocycles. The highest BCUT2D eigenvalue weighted by molar-refractivity contribution is 7.12. The van der Waals surface area contributed by atoms with Crippen molar-refractivity contribution >= 4 is 29.1 Å². The number of carbonyl (C=O) groups is 3. The fourth-order valence-corrected chi connectivity index (χ4v) is 3.56. The lowest BCUT2D eigenvalue weighted by Crippen LogP contribution is -2.58. The van der Waals surface area contributed by atoms with E-state index < -0.39 is 11.5 Å². The van der Waals surface area contributed by atoms with Crippen LogP contribution >= 0.6 is 11.3 Å². The van der Waals surface area contributed by atoms with E-state index in [-0.39, 0.29) is 23.6 Å². The Hall–Kier alpha value is -1.89. The Kier molecular flexibility index (Phi) is 6.44. The summed E-state index contributed by atoms with van der Waals surface area (Å²) in [6.45, 7) is 11.6. The second-order valence-electron chi connectivity index (χ2n) is 8.04. The van der Waals surface area contributed by atoms with Gasteiger partial charge < -0.3 is 15.1 Å². The Morgan fingerprint density at radius 3 is 2.12 bits per heavy atom. The molecular weight excluding hydrogens is 350 g/mol. The molecule has 0 saturated carbocycles. The molecule has 0 aliphatic carbocycles. The highest BCUT2D eigenvalue weighted by Crippen LogP contribution is 2.19. The first-order valence-corrected chi connectivity index (χ1v) is 9.91. The molecule has 3 amide bonds. The molecule has 1 saturated heterocycles. The van der Waals surface area contributed by atoms with Gasteiger partial charge in [-0.05, 0) is 17.4 Å². The molecule has 2 heterocycles. The third kappa shape index (κ3) is 4.84. The number of nitrogens with one attached hydrogen (secondary N) is 1. The Morgan fingerprint density at radius 2 is 1.65 bits per heavy atom. The van der Waals surface area contributed by atoms with Gasteiger partial charge in [-0.25, -0.2) is 0 Å². The summed E-state index contributed by atoms with van der Waals surface area (Å²) >= 11 is 1.36. The summed E-state index contributed by atoms with van der Waals surface area (Å²) in [7, 11) is 0. The first-order chi connectivity index (χ1) is 12.1. The van der Waals surface area contributed by atoms with Gasteiger partial charge in [0.05, 0.1) is 4.88 Å². The molecule has 1 aromatic heterocycles. The van der Waals surface area contributed by atoms with Gasteiger partial charge in [0.1, 0.15) is 6.04 Å². The highest BCUT2D eigenvalue weighted by Gasteiger charge is 2.34. The lowest BCUT2D eigenvalue weighted by Gasteiger charge is -2.39. The molecule has 0 spiro atoms. The van der Waals surface area contributed by atoms with Crippen LogP contribution in [0.1, 0.15) is 44.3 Å². The van der Waals surface area contributed by atoms with Crippen molar-refractivity contribution in [1.82, 2.24) is 15.1 Å². The van der Waals surface area contributed by atoms with E-state index in [4.69, 9.17) is 0 Å². The van der Waals surface area contributed by atoms with Crippen molar-refractivity contribution in [3.63, 3.8) is 0 Å². The van der Waals surface area contributed by atoms with Crippen molar-refractivity contribution in [2.45, 2.75) is 40.7 Å². The van der Waals surface area contributed by atoms with Gasteiger partial charge in [-0.1, -0.05) is 40.7 Å². The van der Waals surface area contributed by atoms with Gasteiger partial charge in [-0.2, -0.15) is 0 Å². The number of piperazine rings is 1. The summed E-state index contributed by atoms with van der Waals surface area (Å²) in [6, 6.07) is 3.00. The zero-order chi connectivity index (χ0) is 19.5. The maximum Gasteiger partial charge on any atom is 0.262 e. The number of thiophene rings is 1. The number of hydrogen-bond donors (Lipinski definition) is 1. The molecule has 2 rings (SSSR count). The van der Waals surface area contributed by atoms with Crippen molar-refractivity contribution in [1.29, 1.82) is 0 Å². The quantitative estimate of drug-likeness (QED) is 0.872. The van der Waals surface area contributed by atoms with Gasteiger partial charge in [0.25, 0.3) is 5.91 Å². The van der Waals surface area contributed by atoms with E-state index in [9.17, 15) is 14.4 Å². The Balaban J connectivity index is 1.98. The van der Waals surface area contributed by atoms with Crippen molar-refractivity contribution in [3.8, 4) is 0 Å². The summed E-state index contributed by atoms with van der Waals surface area (Å²) in [5, 5.41) is 4.71. The summed E-state index contributed by atoms with van der Waals surface area (Å²) in [5.41, 5.74) is -0.415. The van der Waals surface area contributed by atoms with Crippen molar-refractivity contribution in [3.05, 3.63) is 22.4 Å². The van der Waals surface area contributed by atoms with Crippen molar-refractivity contribution in [2.75, 3.05) is 26.2 Å². The average Bonchev–Trinajstić information content (AvgIpc) is 3.12. The van der Waals surface area contributed by atoms with Gasteiger partial charge in [0.15, 0.2) is 0 Å². The topological polar surface area (TPSA) is 69.7 Å². The van der Waals surface area contributed by atoms with Gasteiger partial charge in [0.2, 0.25) is 11.8 Å². The number of rotatable bonds is 4. The van der Waals surface area contributed by atoms with Crippen LogP contribution in [0.3, 0.4) is 0 Å². The first-order valence-electron chi connectivity index (χ1n) is 9.04. The van der Waals surface area contributed by atoms with E-state index in [1.165, 1.54) is 11.3 Å². The van der Waals surface area contributed by atoms with E-state index in [0.29, 0.717) is 31.1 Å². The molecule has 0 bridgehead atoms. The van der Waals surface area contributed by atoms with E-state index in [1.807, 2.05) is 51.0 Å². The van der Waals surface area contributed by atoms with Gasteiger partial charge in [0, 0.05) is 31.6 Å². The number of amides is 3. The molecule has 1 N–H and O–H groups in total. The molecule has 144 valence electrons. The summed E-state index contributed by atoms with van der Waals surface area (Å²) in [4.78, 5) is 41.8. The van der Waals surface area contributed by atoms with Crippen LogP contribution in [0.4, 0.5) is 0 Å². The normalized spacial score (nSPS) is 16.5. The lowest BCUT2D eigenvalue weighted by atomic mass is 9.94. The van der Waals surface area contributed by atoms with Gasteiger partial charge >= 0.3 is 0 Å². The highest BCUT2D eigenvalue weighted by atomic mass is 32.1. The molecule has 0 radical (unpaired) electrons. The average molecular weight is 380 g/mol.